The first kappa shape index (κ1) is 27.2. The van der Waals surface area contributed by atoms with E-state index in [1.54, 1.807) is 11.3 Å². The predicted octanol–water partition coefficient (Wildman–Crippen LogP) is 13.5. The van der Waals surface area contributed by atoms with Crippen LogP contribution < -0.4 is 0 Å². The maximum absolute atomic E-state index is 5.64. The Bertz CT molecular complexity index is 3400. The van der Waals surface area contributed by atoms with Gasteiger partial charge in [-0.1, -0.05) is 109 Å². The van der Waals surface area contributed by atoms with Crippen molar-refractivity contribution < 1.29 is 0 Å². The van der Waals surface area contributed by atoms with Gasteiger partial charge in [0, 0.05) is 62.1 Å². The quantitative estimate of drug-likeness (QED) is 0.181. The molecule has 6 heteroatoms. The fourth-order valence-electron chi connectivity index (χ4n) is 8.12. The lowest BCUT2D eigenvalue weighted by atomic mass is 9.99. The molecule has 0 aliphatic carbocycles. The van der Waals surface area contributed by atoms with Gasteiger partial charge in [-0.25, -0.2) is 9.97 Å². The number of hydrogen-bond donors (Lipinski definition) is 0. The van der Waals surface area contributed by atoms with Crippen LogP contribution in [0.5, 0.6) is 0 Å². The number of thiophene rings is 3. The van der Waals surface area contributed by atoms with Crippen molar-refractivity contribution in [3.63, 3.8) is 0 Å². The van der Waals surface area contributed by atoms with Crippen molar-refractivity contribution in [3.05, 3.63) is 140 Å². The molecule has 0 aliphatic rings. The van der Waals surface area contributed by atoms with Crippen molar-refractivity contribution in [2.45, 2.75) is 0 Å². The molecule has 0 bridgehead atoms. The Morgan fingerprint density at radius 3 is 1.76 bits per heavy atom. The van der Waals surface area contributed by atoms with Crippen LogP contribution in [0, 0.1) is 0 Å². The molecule has 0 unspecified atom stereocenters. The number of benzene rings is 7. The monoisotopic (exact) mass is 689 g/mol. The highest BCUT2D eigenvalue weighted by molar-refractivity contribution is 7.27. The molecule has 0 radical (unpaired) electrons. The predicted molar refractivity (Wildman–Crippen MR) is 218 cm³/mol. The molecule has 0 aliphatic heterocycles. The molecular formula is C44H23N3S3. The van der Waals surface area contributed by atoms with Gasteiger partial charge in [0.25, 0.3) is 0 Å². The molecule has 5 heterocycles. The first-order valence-corrected chi connectivity index (χ1v) is 19.1. The van der Waals surface area contributed by atoms with Gasteiger partial charge in [-0.05, 0) is 41.1 Å². The van der Waals surface area contributed by atoms with Gasteiger partial charge < -0.3 is 0 Å². The minimum absolute atomic E-state index is 0.757. The Kier molecular flexibility index (Phi) is 5.42. The van der Waals surface area contributed by atoms with Gasteiger partial charge in [0.05, 0.1) is 25.9 Å². The maximum atomic E-state index is 5.64. The summed E-state index contributed by atoms with van der Waals surface area (Å²) in [5.74, 6) is 1.69. The van der Waals surface area contributed by atoms with Crippen molar-refractivity contribution in [1.82, 2.24) is 14.5 Å². The van der Waals surface area contributed by atoms with E-state index >= 15 is 0 Å². The third kappa shape index (κ3) is 3.52. The molecule has 0 saturated carbocycles. The van der Waals surface area contributed by atoms with Gasteiger partial charge in [-0.3, -0.25) is 4.57 Å². The van der Waals surface area contributed by atoms with E-state index in [0.29, 0.717) is 0 Å². The van der Waals surface area contributed by atoms with Gasteiger partial charge in [0.2, 0.25) is 0 Å². The lowest BCUT2D eigenvalue weighted by Gasteiger charge is -2.12. The van der Waals surface area contributed by atoms with Crippen LogP contribution in [0.3, 0.4) is 0 Å². The van der Waals surface area contributed by atoms with Gasteiger partial charge in [0.15, 0.2) is 11.6 Å². The van der Waals surface area contributed by atoms with Crippen LogP contribution in [0.2, 0.25) is 0 Å². The van der Waals surface area contributed by atoms with E-state index in [2.05, 4.69) is 144 Å². The summed E-state index contributed by atoms with van der Waals surface area (Å²) in [7, 11) is 0. The van der Waals surface area contributed by atoms with Crippen molar-refractivity contribution in [2.24, 2.45) is 0 Å². The second-order valence-corrected chi connectivity index (χ2v) is 16.0. The minimum atomic E-state index is 0.757. The molecule has 12 aromatic rings. The summed E-state index contributed by atoms with van der Waals surface area (Å²) < 4.78 is 9.86. The Balaban J connectivity index is 1.31. The highest BCUT2D eigenvalue weighted by atomic mass is 32.1. The molecule has 0 spiro atoms. The van der Waals surface area contributed by atoms with E-state index in [1.165, 1.54) is 77.5 Å². The molecule has 0 amide bonds. The first-order chi connectivity index (χ1) is 24.8. The van der Waals surface area contributed by atoms with E-state index < -0.39 is 0 Å². The summed E-state index contributed by atoms with van der Waals surface area (Å²) in [4.78, 5) is 11.1. The lowest BCUT2D eigenvalue weighted by molar-refractivity contribution is 1.09. The summed E-state index contributed by atoms with van der Waals surface area (Å²) in [6.07, 6.45) is 0. The fourth-order valence-corrected chi connectivity index (χ4v) is 11.7. The Hall–Kier alpha value is -5.66. The van der Waals surface area contributed by atoms with E-state index in [0.717, 1.165) is 32.9 Å². The zero-order valence-electron chi connectivity index (χ0n) is 26.3. The molecule has 5 aromatic heterocycles. The summed E-state index contributed by atoms with van der Waals surface area (Å²) in [6, 6.07) is 50.6. The molecule has 12 rings (SSSR count). The second kappa shape index (κ2) is 9.96. The van der Waals surface area contributed by atoms with E-state index in [4.69, 9.17) is 9.97 Å². The van der Waals surface area contributed by atoms with E-state index in [1.807, 2.05) is 22.7 Å². The third-order valence-corrected chi connectivity index (χ3v) is 13.8. The number of hydrogen-bond acceptors (Lipinski definition) is 5. The topological polar surface area (TPSA) is 30.7 Å². The number of fused-ring (bicyclic) bond motifs is 16. The Morgan fingerprint density at radius 1 is 0.400 bits per heavy atom. The molecule has 0 atom stereocenters. The van der Waals surface area contributed by atoms with Gasteiger partial charge in [-0.2, -0.15) is 0 Å². The number of para-hydroxylation sites is 1. The van der Waals surface area contributed by atoms with Crippen molar-refractivity contribution in [2.75, 3.05) is 0 Å². The molecular weight excluding hydrogens is 667 g/mol. The van der Waals surface area contributed by atoms with Crippen molar-refractivity contribution in [1.29, 1.82) is 0 Å². The zero-order valence-corrected chi connectivity index (χ0v) is 28.8. The van der Waals surface area contributed by atoms with Crippen LogP contribution in [-0.4, -0.2) is 14.5 Å². The van der Waals surface area contributed by atoms with Crippen LogP contribution in [0.1, 0.15) is 0 Å². The largest absolute Gasteiger partial charge is 0.291 e. The maximum Gasteiger partial charge on any atom is 0.163 e. The lowest BCUT2D eigenvalue weighted by Crippen LogP contribution is -2.01. The Labute approximate surface area is 296 Å². The minimum Gasteiger partial charge on any atom is -0.291 e. The van der Waals surface area contributed by atoms with Crippen LogP contribution in [0.25, 0.3) is 110 Å². The molecule has 50 heavy (non-hydrogen) atoms. The molecule has 0 saturated heterocycles. The van der Waals surface area contributed by atoms with Gasteiger partial charge in [-0.15, -0.1) is 34.0 Å². The average molecular weight is 690 g/mol. The van der Waals surface area contributed by atoms with Gasteiger partial charge in [0.1, 0.15) is 0 Å². The third-order valence-electron chi connectivity index (χ3n) is 10.2. The smallest absolute Gasteiger partial charge is 0.163 e. The summed E-state index contributed by atoms with van der Waals surface area (Å²) in [5, 5.41) is 11.4. The molecule has 0 N–H and O–H groups in total. The highest BCUT2D eigenvalue weighted by Crippen LogP contribution is 2.49. The fraction of sp³-hybridized carbons (Fsp3) is 0. The molecule has 3 nitrogen and oxygen atoms in total. The summed E-state index contributed by atoms with van der Waals surface area (Å²) in [5.41, 5.74) is 4.44. The normalized spacial score (nSPS) is 12.4. The zero-order chi connectivity index (χ0) is 32.5. The van der Waals surface area contributed by atoms with Crippen LogP contribution in [-0.2, 0) is 0 Å². The van der Waals surface area contributed by atoms with Gasteiger partial charge >= 0.3 is 0 Å². The van der Waals surface area contributed by atoms with Crippen molar-refractivity contribution in [3.8, 4) is 17.2 Å². The summed E-state index contributed by atoms with van der Waals surface area (Å²) in [6.45, 7) is 0. The molecule has 232 valence electrons. The van der Waals surface area contributed by atoms with Crippen LogP contribution in [0.4, 0.5) is 0 Å². The number of nitrogens with zero attached hydrogens (tertiary/aromatic N) is 3. The van der Waals surface area contributed by atoms with Crippen LogP contribution in [0.15, 0.2) is 140 Å². The van der Waals surface area contributed by atoms with Crippen LogP contribution >= 0.6 is 34.0 Å². The highest BCUT2D eigenvalue weighted by Gasteiger charge is 2.25. The molecule has 0 fully saturated rings. The SMILES string of the molecule is c1ccc2c(c1)sc1c(-c3nc(-n4c5ccccc5c5c6ccccc6c6c7ccccc7sc6c54)c4sc5ccccc5c4n3)cccc12. The summed E-state index contributed by atoms with van der Waals surface area (Å²) >= 11 is 5.50. The number of rotatable bonds is 2. The second-order valence-electron chi connectivity index (χ2n) is 12.9. The standard InChI is InChI=1S/C44H23N3S3/c1-2-14-26-25(13-1)36-28-15-3-7-20-32(28)47(39(36)41-37(26)29-16-5-9-22-34(29)49-41)44-42-38(30-17-6-10-23-35(30)50-42)45-43(46-44)31-19-11-18-27-24-12-4-8-21-33(24)48-40(27)31/h1-23H. The van der Waals surface area contributed by atoms with E-state index in [9.17, 15) is 0 Å². The average Bonchev–Trinajstić information content (AvgIpc) is 3.93. The van der Waals surface area contributed by atoms with E-state index in [-0.39, 0.29) is 0 Å². The number of aromatic nitrogens is 3. The molecule has 7 aromatic carbocycles. The first-order valence-electron chi connectivity index (χ1n) is 16.7. The van der Waals surface area contributed by atoms with Crippen molar-refractivity contribution >= 4 is 127 Å². The Morgan fingerprint density at radius 2 is 0.960 bits per heavy atom.